The second kappa shape index (κ2) is 31.1. The van der Waals surface area contributed by atoms with Crippen LogP contribution in [0.5, 0.6) is 46.0 Å². The van der Waals surface area contributed by atoms with Gasteiger partial charge in [0.1, 0.15) is 46.0 Å². The molecular weight excluding hydrogens is 1000 g/mol. The zero-order valence-electron chi connectivity index (χ0n) is 44.2. The van der Waals surface area contributed by atoms with Crippen LogP contribution in [0.25, 0.3) is 0 Å². The van der Waals surface area contributed by atoms with Crippen molar-refractivity contribution in [1.82, 2.24) is 0 Å². The molecule has 0 atom stereocenters. The maximum Gasteiger partial charge on any atom is 0.343 e. The van der Waals surface area contributed by atoms with Gasteiger partial charge in [0.15, 0.2) is 0 Å². The Balaban J connectivity index is 0.699. The lowest BCUT2D eigenvalue weighted by Crippen LogP contribution is -2.12. The van der Waals surface area contributed by atoms with Crippen LogP contribution in [0.3, 0.4) is 0 Å². The van der Waals surface area contributed by atoms with Crippen molar-refractivity contribution in [2.45, 2.75) is 90.4 Å². The van der Waals surface area contributed by atoms with E-state index in [9.17, 15) is 24.0 Å². The standard InChI is InChI=1S/C65H63NO13/c1-2-3-4-12-42-72-53-28-24-50(25-29-53)63(69)76-57-36-34-55(35-37-57)74-44-14-11-9-7-5-6-8-10-13-43-73-54-30-22-49(23-31-54)62(68)75-56-32-26-51(27-33-56)64(70)79-60-17-15-16-52(45-60)65(71)78-59-40-38-58(39-41-59)77-61(67)48-20-18-47(46-66)19-21-48/h15-41,45H,2-14,42-44H2,1H3. The summed E-state index contributed by atoms with van der Waals surface area (Å²) in [6.07, 6.45) is 14.5. The first-order valence-electron chi connectivity index (χ1n) is 26.7. The van der Waals surface area contributed by atoms with Crippen molar-refractivity contribution in [3.05, 3.63) is 203 Å². The topological polar surface area (TPSA) is 183 Å². The van der Waals surface area contributed by atoms with Crippen LogP contribution >= 0.6 is 0 Å². The van der Waals surface area contributed by atoms with E-state index in [0.29, 0.717) is 48.0 Å². The summed E-state index contributed by atoms with van der Waals surface area (Å²) in [5.41, 5.74) is 1.80. The number of benzene rings is 7. The van der Waals surface area contributed by atoms with Crippen LogP contribution in [0.4, 0.5) is 0 Å². The molecule has 0 unspecified atom stereocenters. The van der Waals surface area contributed by atoms with Crippen molar-refractivity contribution in [2.75, 3.05) is 19.8 Å². The molecule has 0 aliphatic carbocycles. The van der Waals surface area contributed by atoms with Crippen LogP contribution in [0.15, 0.2) is 170 Å². The predicted octanol–water partition coefficient (Wildman–Crippen LogP) is 14.6. The van der Waals surface area contributed by atoms with Gasteiger partial charge in [-0.3, -0.25) is 0 Å². The molecule has 7 aromatic rings. The van der Waals surface area contributed by atoms with E-state index in [0.717, 1.165) is 62.9 Å². The van der Waals surface area contributed by atoms with Crippen molar-refractivity contribution in [3.8, 4) is 52.1 Å². The Bertz CT molecular complexity index is 3090. The lowest BCUT2D eigenvalue weighted by Gasteiger charge is -2.09. The highest BCUT2D eigenvalue weighted by atomic mass is 16.6. The maximum atomic E-state index is 13.0. The molecule has 0 heterocycles. The van der Waals surface area contributed by atoms with Gasteiger partial charge in [-0.05, 0) is 183 Å². The van der Waals surface area contributed by atoms with E-state index in [1.165, 1.54) is 123 Å². The molecular formula is C65H63NO13. The first-order valence-corrected chi connectivity index (χ1v) is 26.7. The van der Waals surface area contributed by atoms with Gasteiger partial charge < -0.3 is 37.9 Å². The average molecular weight is 1070 g/mol. The molecule has 14 nitrogen and oxygen atoms in total. The van der Waals surface area contributed by atoms with Gasteiger partial charge in [0.2, 0.25) is 0 Å². The highest BCUT2D eigenvalue weighted by molar-refractivity contribution is 5.95. The van der Waals surface area contributed by atoms with E-state index in [1.807, 2.05) is 18.2 Å². The highest BCUT2D eigenvalue weighted by Crippen LogP contribution is 2.25. The Labute approximate surface area is 460 Å². The van der Waals surface area contributed by atoms with Gasteiger partial charge in [-0.25, -0.2) is 24.0 Å². The van der Waals surface area contributed by atoms with Crippen molar-refractivity contribution in [2.24, 2.45) is 0 Å². The molecule has 0 aliphatic heterocycles. The first-order chi connectivity index (χ1) is 38.6. The predicted molar refractivity (Wildman–Crippen MR) is 297 cm³/mol. The average Bonchev–Trinajstić information content (AvgIpc) is 3.48. The molecule has 406 valence electrons. The summed E-state index contributed by atoms with van der Waals surface area (Å²) in [6, 6.07) is 46.6. The van der Waals surface area contributed by atoms with Crippen LogP contribution in [-0.4, -0.2) is 49.7 Å². The molecule has 0 aromatic heterocycles. The SMILES string of the molecule is CCCCCCOc1ccc(C(=O)Oc2ccc(OCCCCCCCCCCCOc3ccc(C(=O)Oc4ccc(C(=O)Oc5cccc(C(=O)Oc6ccc(OC(=O)c7ccc(C#N)cc7)cc6)c5)cc4)cc3)cc2)cc1. The number of hydrogen-bond acceptors (Lipinski definition) is 14. The fourth-order valence-electron chi connectivity index (χ4n) is 7.95. The van der Waals surface area contributed by atoms with E-state index in [1.54, 1.807) is 66.7 Å². The monoisotopic (exact) mass is 1070 g/mol. The number of unbranched alkanes of at least 4 members (excludes halogenated alkanes) is 11. The smallest absolute Gasteiger partial charge is 0.343 e. The molecule has 0 N–H and O–H groups in total. The molecule has 79 heavy (non-hydrogen) atoms. The minimum Gasteiger partial charge on any atom is -0.494 e. The molecule has 0 saturated carbocycles. The Hall–Kier alpha value is -9.22. The molecule has 7 rings (SSSR count). The van der Waals surface area contributed by atoms with Crippen LogP contribution in [-0.2, 0) is 0 Å². The lowest BCUT2D eigenvalue weighted by molar-refractivity contribution is 0.0713. The van der Waals surface area contributed by atoms with E-state index in [4.69, 9.17) is 43.2 Å². The number of nitriles is 1. The third-order valence-corrected chi connectivity index (χ3v) is 12.4. The first kappa shape index (κ1) is 57.5. The van der Waals surface area contributed by atoms with Gasteiger partial charge in [-0.15, -0.1) is 0 Å². The third-order valence-electron chi connectivity index (χ3n) is 12.4. The van der Waals surface area contributed by atoms with E-state index in [2.05, 4.69) is 6.92 Å². The second-order valence-corrected chi connectivity index (χ2v) is 18.5. The van der Waals surface area contributed by atoms with Crippen LogP contribution in [0.1, 0.15) is 148 Å². The van der Waals surface area contributed by atoms with Crippen LogP contribution < -0.4 is 37.9 Å². The fourth-order valence-corrected chi connectivity index (χ4v) is 7.95. The number of rotatable bonds is 30. The Morgan fingerprint density at radius 2 is 0.595 bits per heavy atom. The minimum atomic E-state index is -0.712. The van der Waals surface area contributed by atoms with Crippen molar-refractivity contribution in [3.63, 3.8) is 0 Å². The third kappa shape index (κ3) is 19.4. The van der Waals surface area contributed by atoms with Gasteiger partial charge in [-0.1, -0.05) is 77.2 Å². The zero-order chi connectivity index (χ0) is 55.4. The molecule has 0 aliphatic rings. The fraction of sp³-hybridized carbons (Fsp3) is 0.262. The maximum absolute atomic E-state index is 13.0. The highest BCUT2D eigenvalue weighted by Gasteiger charge is 2.16. The Kier molecular flexibility index (Phi) is 22.6. The molecule has 0 saturated heterocycles. The molecule has 0 radical (unpaired) electrons. The molecule has 0 amide bonds. The number of ether oxygens (including phenoxy) is 8. The van der Waals surface area contributed by atoms with Gasteiger partial charge in [0, 0.05) is 0 Å². The largest absolute Gasteiger partial charge is 0.494 e. The number of carbonyl (C=O) groups is 5. The quantitative estimate of drug-likeness (QED) is 0.0235. The van der Waals surface area contributed by atoms with E-state index >= 15 is 0 Å². The van der Waals surface area contributed by atoms with E-state index < -0.39 is 29.8 Å². The summed E-state index contributed by atoms with van der Waals surface area (Å²) < 4.78 is 45.0. The van der Waals surface area contributed by atoms with Crippen LogP contribution in [0.2, 0.25) is 0 Å². The van der Waals surface area contributed by atoms with Gasteiger partial charge in [-0.2, -0.15) is 5.26 Å². The number of hydrogen-bond donors (Lipinski definition) is 0. The second-order valence-electron chi connectivity index (χ2n) is 18.5. The summed E-state index contributed by atoms with van der Waals surface area (Å²) >= 11 is 0. The lowest BCUT2D eigenvalue weighted by atomic mass is 10.1. The molecule has 0 fully saturated rings. The summed E-state index contributed by atoms with van der Waals surface area (Å²) in [4.78, 5) is 63.9. The Morgan fingerprint density at radius 3 is 0.949 bits per heavy atom. The summed E-state index contributed by atoms with van der Waals surface area (Å²) in [5.74, 6) is 0.350. The van der Waals surface area contributed by atoms with Crippen molar-refractivity contribution < 1.29 is 61.9 Å². The molecule has 0 bridgehead atoms. The van der Waals surface area contributed by atoms with Gasteiger partial charge in [0.05, 0.1) is 59.3 Å². The number of esters is 5. The number of nitrogens with zero attached hydrogens (tertiary/aromatic N) is 1. The van der Waals surface area contributed by atoms with Crippen molar-refractivity contribution >= 4 is 29.8 Å². The van der Waals surface area contributed by atoms with Crippen molar-refractivity contribution in [1.29, 1.82) is 5.26 Å². The minimum absolute atomic E-state index is 0.104. The van der Waals surface area contributed by atoms with Gasteiger partial charge >= 0.3 is 29.8 Å². The molecule has 14 heteroatoms. The zero-order valence-corrected chi connectivity index (χ0v) is 44.2. The normalized spacial score (nSPS) is 10.6. The van der Waals surface area contributed by atoms with Crippen LogP contribution in [0, 0.1) is 11.3 Å². The Morgan fingerprint density at radius 1 is 0.316 bits per heavy atom. The summed E-state index contributed by atoms with van der Waals surface area (Å²) in [5, 5.41) is 8.95. The molecule has 7 aromatic carbocycles. The number of carbonyl (C=O) groups excluding carboxylic acids is 5. The molecule has 0 spiro atoms. The summed E-state index contributed by atoms with van der Waals surface area (Å²) in [6.45, 7) is 4.07. The van der Waals surface area contributed by atoms with E-state index in [-0.39, 0.29) is 39.7 Å². The summed E-state index contributed by atoms with van der Waals surface area (Å²) in [7, 11) is 0. The van der Waals surface area contributed by atoms with Gasteiger partial charge in [0.25, 0.3) is 0 Å².